The highest BCUT2D eigenvalue weighted by molar-refractivity contribution is 5.98. The predicted octanol–water partition coefficient (Wildman–Crippen LogP) is 4.36. The molecule has 1 saturated carbocycles. The normalized spacial score (nSPS) is 29.1. The Labute approximate surface area is 195 Å². The zero-order valence-electron chi connectivity index (χ0n) is 19.1. The van der Waals surface area contributed by atoms with Crippen LogP contribution in [0, 0.1) is 11.2 Å². The first-order chi connectivity index (χ1) is 15.9. The van der Waals surface area contributed by atoms with Gasteiger partial charge < -0.3 is 20.0 Å². The number of carbonyl (C=O) groups is 2. The van der Waals surface area contributed by atoms with E-state index in [4.69, 9.17) is 0 Å². The minimum Gasteiger partial charge on any atom is -0.480 e. The number of halogens is 4. The molecule has 34 heavy (non-hydrogen) atoms. The third-order valence-corrected chi connectivity index (χ3v) is 8.01. The van der Waals surface area contributed by atoms with Crippen LogP contribution in [0.4, 0.5) is 23.2 Å². The standard InChI is InChI=1S/C24H30F4N2O4/c1-22(21(33)34)13-17(31)14-30(22)20(32)18-7-6-15(11-19(18)25)29-10-3-2-5-16(29)12-23(8-4-9-23)24(26,27)28/h6-7,11,16-17,31H,2-5,8-10,12-14H2,1H3,(H,33,34)/t16?,17-,22+/m1/s1. The van der Waals surface area contributed by atoms with E-state index in [1.54, 1.807) is 0 Å². The first kappa shape index (κ1) is 24.8. The molecule has 188 valence electrons. The fourth-order valence-corrected chi connectivity index (χ4v) is 5.77. The van der Waals surface area contributed by atoms with Crippen molar-refractivity contribution in [1.29, 1.82) is 0 Å². The average Bonchev–Trinajstić information content (AvgIpc) is 3.05. The summed E-state index contributed by atoms with van der Waals surface area (Å²) in [5.41, 5.74) is -3.25. The third-order valence-electron chi connectivity index (χ3n) is 8.01. The highest BCUT2D eigenvalue weighted by atomic mass is 19.4. The monoisotopic (exact) mass is 486 g/mol. The molecule has 1 amide bonds. The second-order valence-electron chi connectivity index (χ2n) is 10.2. The van der Waals surface area contributed by atoms with Crippen molar-refractivity contribution in [2.45, 2.75) is 82.2 Å². The molecule has 3 fully saturated rings. The molecule has 1 aliphatic carbocycles. The molecular weight excluding hydrogens is 456 g/mol. The highest BCUT2D eigenvalue weighted by Crippen LogP contribution is 2.57. The maximum absolute atomic E-state index is 15.1. The number of hydrogen-bond donors (Lipinski definition) is 2. The maximum Gasteiger partial charge on any atom is 0.394 e. The fourth-order valence-electron chi connectivity index (χ4n) is 5.77. The summed E-state index contributed by atoms with van der Waals surface area (Å²) < 4.78 is 56.4. The second kappa shape index (κ2) is 8.70. The molecule has 1 aromatic carbocycles. The van der Waals surface area contributed by atoms with Crippen molar-refractivity contribution < 1.29 is 37.4 Å². The van der Waals surface area contributed by atoms with E-state index in [0.717, 1.165) is 23.8 Å². The van der Waals surface area contributed by atoms with Crippen molar-refractivity contribution in [3.05, 3.63) is 29.6 Å². The van der Waals surface area contributed by atoms with Crippen LogP contribution in [0.3, 0.4) is 0 Å². The van der Waals surface area contributed by atoms with Gasteiger partial charge in [0.15, 0.2) is 0 Å². The summed E-state index contributed by atoms with van der Waals surface area (Å²) in [7, 11) is 0. The maximum atomic E-state index is 15.1. The number of likely N-dealkylation sites (tertiary alicyclic amines) is 1. The van der Waals surface area contributed by atoms with E-state index >= 15 is 4.39 Å². The van der Waals surface area contributed by atoms with E-state index in [1.165, 1.54) is 19.1 Å². The van der Waals surface area contributed by atoms with Gasteiger partial charge in [-0.25, -0.2) is 9.18 Å². The Hall–Kier alpha value is -2.36. The van der Waals surface area contributed by atoms with Gasteiger partial charge in [-0.15, -0.1) is 0 Å². The first-order valence-corrected chi connectivity index (χ1v) is 11.7. The molecule has 1 aromatic rings. The molecule has 2 N–H and O–H groups in total. The van der Waals surface area contributed by atoms with Crippen molar-refractivity contribution in [1.82, 2.24) is 4.90 Å². The first-order valence-electron chi connectivity index (χ1n) is 11.7. The molecule has 2 aliphatic heterocycles. The number of hydrogen-bond acceptors (Lipinski definition) is 4. The number of carbonyl (C=O) groups excluding carboxylic acids is 1. The molecule has 2 heterocycles. The van der Waals surface area contributed by atoms with E-state index in [2.05, 4.69) is 0 Å². The molecule has 4 rings (SSSR count). The van der Waals surface area contributed by atoms with Crippen LogP contribution < -0.4 is 4.90 Å². The topological polar surface area (TPSA) is 81.1 Å². The number of carboxylic acids is 1. The largest absolute Gasteiger partial charge is 0.480 e. The van der Waals surface area contributed by atoms with Crippen LogP contribution in [0.5, 0.6) is 0 Å². The highest BCUT2D eigenvalue weighted by Gasteiger charge is 2.59. The minimum atomic E-state index is -4.27. The summed E-state index contributed by atoms with van der Waals surface area (Å²) in [6.07, 6.45) is -2.53. The lowest BCUT2D eigenvalue weighted by Crippen LogP contribution is -2.51. The smallest absolute Gasteiger partial charge is 0.394 e. The Kier molecular flexibility index (Phi) is 6.33. The number of aliphatic hydroxyl groups is 1. The number of rotatable bonds is 5. The van der Waals surface area contributed by atoms with Gasteiger partial charge in [0.1, 0.15) is 11.4 Å². The fraction of sp³-hybridized carbons (Fsp3) is 0.667. The van der Waals surface area contributed by atoms with Crippen molar-refractivity contribution in [2.75, 3.05) is 18.0 Å². The Balaban J connectivity index is 1.57. The Morgan fingerprint density at radius 2 is 1.88 bits per heavy atom. The van der Waals surface area contributed by atoms with Gasteiger partial charge in [0.2, 0.25) is 0 Å². The van der Waals surface area contributed by atoms with Gasteiger partial charge in [-0.05, 0) is 63.6 Å². The van der Waals surface area contributed by atoms with Gasteiger partial charge in [0, 0.05) is 31.2 Å². The second-order valence-corrected chi connectivity index (χ2v) is 10.2. The van der Waals surface area contributed by atoms with Gasteiger partial charge in [0.05, 0.1) is 17.1 Å². The predicted molar refractivity (Wildman–Crippen MR) is 116 cm³/mol. The molecule has 6 nitrogen and oxygen atoms in total. The number of alkyl halides is 3. The summed E-state index contributed by atoms with van der Waals surface area (Å²) in [5, 5.41) is 19.5. The number of carboxylic acid groups (broad SMARTS) is 1. The Morgan fingerprint density at radius 1 is 1.18 bits per heavy atom. The lowest BCUT2D eigenvalue weighted by atomic mass is 9.64. The summed E-state index contributed by atoms with van der Waals surface area (Å²) in [6.45, 7) is 1.59. The molecule has 10 heteroatoms. The lowest BCUT2D eigenvalue weighted by molar-refractivity contribution is -0.255. The lowest BCUT2D eigenvalue weighted by Gasteiger charge is -2.48. The number of piperidine rings is 1. The molecule has 3 aliphatic rings. The van der Waals surface area contributed by atoms with E-state index in [1.807, 2.05) is 4.90 Å². The summed E-state index contributed by atoms with van der Waals surface area (Å²) in [4.78, 5) is 27.5. The van der Waals surface area contributed by atoms with Crippen LogP contribution in [0.25, 0.3) is 0 Å². The zero-order chi connectivity index (χ0) is 24.9. The number of benzene rings is 1. The van der Waals surface area contributed by atoms with Gasteiger partial charge in [0.25, 0.3) is 5.91 Å². The SMILES string of the molecule is C[C@@]1(C(=O)O)C[C@@H](O)CN1C(=O)c1ccc(N2CCCCC2CC2(C(F)(F)F)CCC2)cc1F. The van der Waals surface area contributed by atoms with E-state index < -0.39 is 40.9 Å². The Morgan fingerprint density at radius 3 is 2.44 bits per heavy atom. The number of amides is 1. The van der Waals surface area contributed by atoms with E-state index in [-0.39, 0.29) is 43.8 Å². The number of anilines is 1. The summed E-state index contributed by atoms with van der Waals surface area (Å²) >= 11 is 0. The molecule has 0 radical (unpaired) electrons. The van der Waals surface area contributed by atoms with Gasteiger partial charge in [-0.2, -0.15) is 13.2 Å². The van der Waals surface area contributed by atoms with Crippen molar-refractivity contribution in [3.63, 3.8) is 0 Å². The number of aliphatic carboxylic acids is 1. The van der Waals surface area contributed by atoms with Crippen LogP contribution >= 0.6 is 0 Å². The summed E-state index contributed by atoms with van der Waals surface area (Å²) in [6, 6.07) is 3.55. The minimum absolute atomic E-state index is 0.0264. The van der Waals surface area contributed by atoms with Crippen molar-refractivity contribution in [3.8, 4) is 0 Å². The quantitative estimate of drug-likeness (QED) is 0.605. The molecule has 3 atom stereocenters. The van der Waals surface area contributed by atoms with Crippen LogP contribution in [0.15, 0.2) is 18.2 Å². The van der Waals surface area contributed by atoms with Gasteiger partial charge in [-0.3, -0.25) is 4.79 Å². The zero-order valence-corrected chi connectivity index (χ0v) is 19.1. The third kappa shape index (κ3) is 4.14. The molecule has 0 aromatic heterocycles. The Bertz CT molecular complexity index is 965. The molecule has 0 bridgehead atoms. The van der Waals surface area contributed by atoms with Gasteiger partial charge in [-0.1, -0.05) is 6.42 Å². The number of nitrogens with zero attached hydrogens (tertiary/aromatic N) is 2. The molecular formula is C24H30F4N2O4. The van der Waals surface area contributed by atoms with Crippen molar-refractivity contribution in [2.24, 2.45) is 5.41 Å². The van der Waals surface area contributed by atoms with Crippen molar-refractivity contribution >= 4 is 17.6 Å². The molecule has 1 unspecified atom stereocenters. The van der Waals surface area contributed by atoms with E-state index in [9.17, 15) is 33.0 Å². The van der Waals surface area contributed by atoms with E-state index in [0.29, 0.717) is 25.1 Å². The van der Waals surface area contributed by atoms with Crippen LogP contribution in [0.1, 0.15) is 68.6 Å². The van der Waals surface area contributed by atoms with Crippen LogP contribution in [0.2, 0.25) is 0 Å². The molecule has 0 spiro atoms. The number of β-amino-alcohol motifs (C(OH)–C–C–N with tert-alkyl or cyclic N) is 1. The van der Waals surface area contributed by atoms with Crippen LogP contribution in [-0.4, -0.2) is 63.9 Å². The summed E-state index contributed by atoms with van der Waals surface area (Å²) in [5.74, 6) is -3.00. The number of aliphatic hydroxyl groups excluding tert-OH is 1. The van der Waals surface area contributed by atoms with Gasteiger partial charge >= 0.3 is 12.1 Å². The average molecular weight is 487 g/mol. The van der Waals surface area contributed by atoms with Crippen LogP contribution in [-0.2, 0) is 4.79 Å². The molecule has 2 saturated heterocycles.